The molecule has 0 atom stereocenters. The van der Waals surface area contributed by atoms with Crippen LogP contribution in [0, 0.1) is 0 Å². The number of nitrogens with one attached hydrogen (secondary N) is 2. The average molecular weight is 541 g/mol. The lowest BCUT2D eigenvalue weighted by Gasteiger charge is -2.06. The van der Waals surface area contributed by atoms with E-state index in [1.54, 1.807) is 17.1 Å². The van der Waals surface area contributed by atoms with Crippen LogP contribution in [0.5, 0.6) is 0 Å². The lowest BCUT2D eigenvalue weighted by atomic mass is 10.00. The minimum atomic E-state index is -0.262. The molecule has 1 amide bonds. The summed E-state index contributed by atoms with van der Waals surface area (Å²) in [6.45, 7) is 1.02. The van der Waals surface area contributed by atoms with Gasteiger partial charge in [-0.25, -0.2) is 0 Å². The summed E-state index contributed by atoms with van der Waals surface area (Å²) >= 11 is 6.10. The van der Waals surface area contributed by atoms with Gasteiger partial charge < -0.3 is 10.3 Å². The third kappa shape index (κ3) is 6.15. The number of hydrogen-bond acceptors (Lipinski definition) is 6. The Morgan fingerprint density at radius 3 is 2.72 bits per heavy atom. The molecule has 0 unspecified atom stereocenters. The molecular weight excluding hydrogens is 512 g/mol. The van der Waals surface area contributed by atoms with Crippen molar-refractivity contribution in [1.29, 1.82) is 0 Å². The monoisotopic (exact) mass is 540 g/mol. The fourth-order valence-electron chi connectivity index (χ4n) is 4.80. The largest absolute Gasteiger partial charge is 0.345 e. The van der Waals surface area contributed by atoms with Gasteiger partial charge in [0.05, 0.1) is 24.1 Å². The SMILES string of the molecule is O=C(NCc1ccccn1)c1cn(CCCCc2cc3c(Cc4ccc(Cl)cc4)c(C4CC4)[nH]c3nn2)nn1. The Morgan fingerprint density at radius 2 is 1.92 bits per heavy atom. The van der Waals surface area contributed by atoms with E-state index >= 15 is 0 Å². The highest BCUT2D eigenvalue weighted by atomic mass is 35.5. The molecule has 2 N–H and O–H groups in total. The first-order chi connectivity index (χ1) is 19.1. The van der Waals surface area contributed by atoms with Crippen molar-refractivity contribution in [2.75, 3.05) is 0 Å². The van der Waals surface area contributed by atoms with Gasteiger partial charge in [-0.15, -0.1) is 10.2 Å². The molecule has 1 aliphatic rings. The van der Waals surface area contributed by atoms with E-state index in [4.69, 9.17) is 11.6 Å². The number of rotatable bonds is 11. The van der Waals surface area contributed by atoms with Crippen molar-refractivity contribution in [2.45, 2.75) is 57.5 Å². The van der Waals surface area contributed by atoms with Crippen molar-refractivity contribution >= 4 is 28.5 Å². The third-order valence-corrected chi connectivity index (χ3v) is 7.28. The Morgan fingerprint density at radius 1 is 1.05 bits per heavy atom. The number of aromatic nitrogens is 7. The van der Waals surface area contributed by atoms with E-state index in [-0.39, 0.29) is 5.91 Å². The highest BCUT2D eigenvalue weighted by Gasteiger charge is 2.29. The van der Waals surface area contributed by atoms with Crippen LogP contribution in [0.15, 0.2) is 60.9 Å². The van der Waals surface area contributed by atoms with E-state index < -0.39 is 0 Å². The predicted octanol–water partition coefficient (Wildman–Crippen LogP) is 5.02. The van der Waals surface area contributed by atoms with E-state index in [2.05, 4.69) is 54.0 Å². The van der Waals surface area contributed by atoms with Crippen LogP contribution in [0.2, 0.25) is 5.02 Å². The van der Waals surface area contributed by atoms with Gasteiger partial charge in [-0.1, -0.05) is 35.0 Å². The second-order valence-corrected chi connectivity index (χ2v) is 10.5. The number of carbonyl (C=O) groups is 1. The molecule has 1 aliphatic carbocycles. The van der Waals surface area contributed by atoms with Crippen LogP contribution in [0.25, 0.3) is 11.0 Å². The number of aryl methyl sites for hydroxylation is 2. The number of carbonyl (C=O) groups excluding carboxylic acids is 1. The zero-order valence-electron chi connectivity index (χ0n) is 21.5. The quantitative estimate of drug-likeness (QED) is 0.227. The number of unbranched alkanes of at least 4 members (excludes halogenated alkanes) is 1. The molecule has 198 valence electrons. The average Bonchev–Trinajstić information content (AvgIpc) is 3.59. The van der Waals surface area contributed by atoms with Crippen LogP contribution in [0.4, 0.5) is 0 Å². The Hall–Kier alpha value is -4.11. The second kappa shape index (κ2) is 11.3. The minimum absolute atomic E-state index is 0.262. The first-order valence-corrected chi connectivity index (χ1v) is 13.7. The highest BCUT2D eigenvalue weighted by molar-refractivity contribution is 6.30. The third-order valence-electron chi connectivity index (χ3n) is 7.03. The maximum Gasteiger partial charge on any atom is 0.273 e. The molecule has 10 heteroatoms. The van der Waals surface area contributed by atoms with Crippen LogP contribution in [-0.2, 0) is 25.9 Å². The van der Waals surface area contributed by atoms with Gasteiger partial charge in [-0.3, -0.25) is 14.5 Å². The number of nitrogens with zero attached hydrogens (tertiary/aromatic N) is 6. The Kier molecular flexibility index (Phi) is 7.31. The number of amides is 1. The molecule has 1 aromatic carbocycles. The lowest BCUT2D eigenvalue weighted by Crippen LogP contribution is -2.23. The first-order valence-electron chi connectivity index (χ1n) is 13.3. The number of halogens is 1. The van der Waals surface area contributed by atoms with Crippen molar-refractivity contribution < 1.29 is 4.79 Å². The highest BCUT2D eigenvalue weighted by Crippen LogP contribution is 2.43. The number of pyridine rings is 1. The Balaban J connectivity index is 1.05. The van der Waals surface area contributed by atoms with Gasteiger partial charge in [0, 0.05) is 28.8 Å². The predicted molar refractivity (Wildman–Crippen MR) is 148 cm³/mol. The molecular formula is C29H29ClN8O. The van der Waals surface area contributed by atoms with Crippen LogP contribution < -0.4 is 5.32 Å². The topological polar surface area (TPSA) is 114 Å². The molecule has 1 fully saturated rings. The van der Waals surface area contributed by atoms with Crippen molar-refractivity contribution in [3.8, 4) is 0 Å². The van der Waals surface area contributed by atoms with E-state index in [1.807, 2.05) is 30.3 Å². The summed E-state index contributed by atoms with van der Waals surface area (Å²) in [7, 11) is 0. The number of H-pyrrole nitrogens is 1. The van der Waals surface area contributed by atoms with Crippen LogP contribution in [0.3, 0.4) is 0 Å². The Bertz CT molecular complexity index is 1570. The van der Waals surface area contributed by atoms with E-state index in [0.717, 1.165) is 53.1 Å². The number of hydrogen-bond donors (Lipinski definition) is 2. The van der Waals surface area contributed by atoms with Gasteiger partial charge in [0.25, 0.3) is 5.91 Å². The number of aromatic amines is 1. The van der Waals surface area contributed by atoms with Crippen molar-refractivity contribution in [1.82, 2.24) is 40.5 Å². The van der Waals surface area contributed by atoms with Gasteiger partial charge in [-0.2, -0.15) is 5.10 Å². The summed E-state index contributed by atoms with van der Waals surface area (Å²) < 4.78 is 1.71. The Labute approximate surface area is 231 Å². The molecule has 0 spiro atoms. The standard InChI is InChI=1S/C29H29ClN8O/c30-21-11-7-19(8-12-21)15-24-25-16-22(34-36-28(25)33-27(24)20-9-10-20)5-2-4-14-38-18-26(35-37-38)29(39)32-17-23-6-1-3-13-31-23/h1,3,6-8,11-13,16,18,20H,2,4-5,9-10,14-15,17H2,(H,32,39)(H,33,36). The molecule has 4 heterocycles. The summed E-state index contributed by atoms with van der Waals surface area (Å²) in [5.41, 5.74) is 6.79. The molecule has 0 bridgehead atoms. The van der Waals surface area contributed by atoms with Gasteiger partial charge in [0.1, 0.15) is 0 Å². The molecule has 9 nitrogen and oxygen atoms in total. The fraction of sp³-hybridized carbons (Fsp3) is 0.310. The van der Waals surface area contributed by atoms with Crippen LogP contribution in [-0.4, -0.2) is 41.1 Å². The number of fused-ring (bicyclic) bond motifs is 1. The van der Waals surface area contributed by atoms with Crippen LogP contribution >= 0.6 is 11.6 Å². The van der Waals surface area contributed by atoms with Crippen molar-refractivity contribution in [2.24, 2.45) is 0 Å². The summed E-state index contributed by atoms with van der Waals surface area (Å²) in [5, 5.41) is 21.9. The summed E-state index contributed by atoms with van der Waals surface area (Å²) in [5.74, 6) is 0.330. The van der Waals surface area contributed by atoms with Gasteiger partial charge in [0.15, 0.2) is 11.3 Å². The van der Waals surface area contributed by atoms with Crippen molar-refractivity contribution in [3.05, 3.63) is 99.8 Å². The van der Waals surface area contributed by atoms with E-state index in [9.17, 15) is 4.79 Å². The summed E-state index contributed by atoms with van der Waals surface area (Å²) in [6, 6.07) is 15.9. The molecule has 6 rings (SSSR count). The van der Waals surface area contributed by atoms with Gasteiger partial charge in [-0.05, 0) is 85.9 Å². The van der Waals surface area contributed by atoms with Gasteiger partial charge in [0.2, 0.25) is 0 Å². The fourth-order valence-corrected chi connectivity index (χ4v) is 4.92. The smallest absolute Gasteiger partial charge is 0.273 e. The maximum atomic E-state index is 12.4. The van der Waals surface area contributed by atoms with Crippen molar-refractivity contribution in [3.63, 3.8) is 0 Å². The zero-order chi connectivity index (χ0) is 26.6. The molecule has 0 radical (unpaired) electrons. The molecule has 5 aromatic rings. The summed E-state index contributed by atoms with van der Waals surface area (Å²) in [6.07, 6.45) is 9.29. The summed E-state index contributed by atoms with van der Waals surface area (Å²) in [4.78, 5) is 20.1. The molecule has 0 aliphatic heterocycles. The molecule has 0 saturated heterocycles. The maximum absolute atomic E-state index is 12.4. The normalized spacial score (nSPS) is 13.2. The lowest BCUT2D eigenvalue weighted by molar-refractivity contribution is 0.0945. The van der Waals surface area contributed by atoms with E-state index in [1.165, 1.54) is 29.7 Å². The molecule has 1 saturated carbocycles. The molecule has 4 aromatic heterocycles. The van der Waals surface area contributed by atoms with Gasteiger partial charge >= 0.3 is 0 Å². The van der Waals surface area contributed by atoms with E-state index in [0.29, 0.717) is 24.7 Å². The zero-order valence-corrected chi connectivity index (χ0v) is 22.2. The number of benzene rings is 1. The van der Waals surface area contributed by atoms with Crippen LogP contribution in [0.1, 0.15) is 70.3 Å². The molecule has 39 heavy (non-hydrogen) atoms. The second-order valence-electron chi connectivity index (χ2n) is 10.0. The first kappa shape index (κ1) is 25.2. The minimum Gasteiger partial charge on any atom is -0.345 e.